The lowest BCUT2D eigenvalue weighted by Gasteiger charge is -2.18. The second kappa shape index (κ2) is 12.9. The molecule has 0 radical (unpaired) electrons. The molecule has 2 amide bonds. The highest BCUT2D eigenvalue weighted by Crippen LogP contribution is 2.28. The average molecular weight is 466 g/mol. The predicted molar refractivity (Wildman–Crippen MR) is 134 cm³/mol. The van der Waals surface area contributed by atoms with Gasteiger partial charge in [-0.1, -0.05) is 51.4 Å². The van der Waals surface area contributed by atoms with Crippen LogP contribution in [-0.4, -0.2) is 32.0 Å². The van der Waals surface area contributed by atoms with E-state index in [4.69, 9.17) is 6.42 Å². The summed E-state index contributed by atoms with van der Waals surface area (Å²) >= 11 is 1.06. The molecule has 168 valence electrons. The lowest BCUT2D eigenvalue weighted by molar-refractivity contribution is 0.0638. The molecule has 0 saturated heterocycles. The number of carbonyl (C=O) groups is 2. The standard InChI is InChI=1S/C28H23N3O2S/c1-3-5-7-9-11-12-14-16-18-22(17-15-13-10-8-6-4-2)21-31-27(32)23-19-25-26(30-34-29-25)20-24(23)28(31)33/h1,19-20,22H,4,6,8,10,13,15,17,21H2,2H3. The first-order valence-corrected chi connectivity index (χ1v) is 12.0. The molecule has 5 nitrogen and oxygen atoms in total. The summed E-state index contributed by atoms with van der Waals surface area (Å²) in [5.41, 5.74) is 2.00. The van der Waals surface area contributed by atoms with Crippen molar-refractivity contribution in [1.82, 2.24) is 13.6 Å². The third kappa shape index (κ3) is 6.50. The van der Waals surface area contributed by atoms with E-state index in [2.05, 4.69) is 69.0 Å². The molecule has 2 aromatic rings. The predicted octanol–water partition coefficient (Wildman–Crippen LogP) is 4.30. The van der Waals surface area contributed by atoms with E-state index < -0.39 is 0 Å². The molecule has 0 fully saturated rings. The van der Waals surface area contributed by atoms with Gasteiger partial charge >= 0.3 is 0 Å². The molecule has 34 heavy (non-hydrogen) atoms. The van der Waals surface area contributed by atoms with Gasteiger partial charge in [-0.15, -0.1) is 6.42 Å². The van der Waals surface area contributed by atoms with Gasteiger partial charge in [0, 0.05) is 12.5 Å². The Balaban J connectivity index is 1.71. The number of fused-ring (bicyclic) bond motifs is 2. The highest BCUT2D eigenvalue weighted by Gasteiger charge is 2.37. The maximum atomic E-state index is 13.0. The first-order chi connectivity index (χ1) is 16.7. The number of benzene rings is 1. The molecule has 0 saturated carbocycles. The highest BCUT2D eigenvalue weighted by molar-refractivity contribution is 7.00. The molecule has 1 aliphatic heterocycles. The van der Waals surface area contributed by atoms with Gasteiger partial charge in [-0.3, -0.25) is 14.5 Å². The summed E-state index contributed by atoms with van der Waals surface area (Å²) in [5, 5.41) is 0. The second-order valence-corrected chi connectivity index (χ2v) is 8.32. The van der Waals surface area contributed by atoms with Gasteiger partial charge in [0.05, 0.1) is 22.9 Å². The summed E-state index contributed by atoms with van der Waals surface area (Å²) < 4.78 is 8.35. The second-order valence-electron chi connectivity index (χ2n) is 7.79. The summed E-state index contributed by atoms with van der Waals surface area (Å²) in [6, 6.07) is 3.30. The van der Waals surface area contributed by atoms with Crippen LogP contribution in [0.25, 0.3) is 11.0 Å². The van der Waals surface area contributed by atoms with Gasteiger partial charge in [-0.05, 0) is 65.9 Å². The van der Waals surface area contributed by atoms with Gasteiger partial charge in [-0.2, -0.15) is 8.75 Å². The molecule has 2 heterocycles. The van der Waals surface area contributed by atoms with Crippen molar-refractivity contribution >= 4 is 34.6 Å². The van der Waals surface area contributed by atoms with Gasteiger partial charge in [0.1, 0.15) is 11.0 Å². The minimum absolute atomic E-state index is 0.173. The van der Waals surface area contributed by atoms with E-state index in [1.165, 1.54) is 30.6 Å². The number of terminal acetylenes is 1. The molecule has 1 aromatic carbocycles. The van der Waals surface area contributed by atoms with Gasteiger partial charge in [-0.25, -0.2) is 0 Å². The lowest BCUT2D eigenvalue weighted by Crippen LogP contribution is -2.34. The number of rotatable bonds is 9. The van der Waals surface area contributed by atoms with Crippen LogP contribution >= 0.6 is 11.7 Å². The van der Waals surface area contributed by atoms with Crippen LogP contribution in [0.4, 0.5) is 0 Å². The zero-order valence-corrected chi connectivity index (χ0v) is 19.8. The lowest BCUT2D eigenvalue weighted by atomic mass is 10.00. The number of hydrogen-bond donors (Lipinski definition) is 0. The first-order valence-electron chi connectivity index (χ1n) is 11.2. The van der Waals surface area contributed by atoms with E-state index in [1.54, 1.807) is 12.1 Å². The third-order valence-electron chi connectivity index (χ3n) is 5.38. The zero-order valence-electron chi connectivity index (χ0n) is 19.0. The maximum Gasteiger partial charge on any atom is 0.261 e. The van der Waals surface area contributed by atoms with Crippen molar-refractivity contribution in [1.29, 1.82) is 0 Å². The Hall–Kier alpha value is -4.02. The van der Waals surface area contributed by atoms with Crippen molar-refractivity contribution in [2.24, 2.45) is 5.92 Å². The van der Waals surface area contributed by atoms with Crippen LogP contribution in [-0.2, 0) is 0 Å². The number of nitrogens with zero attached hydrogens (tertiary/aromatic N) is 3. The first kappa shape index (κ1) is 24.6. The van der Waals surface area contributed by atoms with Crippen LogP contribution < -0.4 is 0 Å². The summed E-state index contributed by atoms with van der Waals surface area (Å²) in [6.45, 7) is 2.42. The molecular weight excluding hydrogens is 442 g/mol. The number of unbranched alkanes of at least 4 members (excludes halogenated alkanes) is 5. The van der Waals surface area contributed by atoms with E-state index in [0.717, 1.165) is 31.0 Å². The van der Waals surface area contributed by atoms with Crippen molar-refractivity contribution in [3.63, 3.8) is 0 Å². The Morgan fingerprint density at radius 3 is 2.03 bits per heavy atom. The molecule has 1 atom stereocenters. The van der Waals surface area contributed by atoms with E-state index in [1.807, 2.05) is 0 Å². The van der Waals surface area contributed by atoms with Crippen molar-refractivity contribution in [3.05, 3.63) is 23.3 Å². The number of aromatic nitrogens is 2. The minimum atomic E-state index is -0.311. The van der Waals surface area contributed by atoms with Gasteiger partial charge in [0.25, 0.3) is 11.8 Å². The Kier molecular flexibility index (Phi) is 9.32. The molecule has 3 rings (SSSR count). The van der Waals surface area contributed by atoms with Gasteiger partial charge < -0.3 is 0 Å². The molecule has 1 unspecified atom stereocenters. The van der Waals surface area contributed by atoms with Crippen molar-refractivity contribution < 1.29 is 9.59 Å². The van der Waals surface area contributed by atoms with Crippen LogP contribution in [0.1, 0.15) is 72.6 Å². The fraction of sp³-hybridized carbons (Fsp3) is 0.357. The van der Waals surface area contributed by atoms with Crippen LogP contribution in [0, 0.1) is 65.6 Å². The number of amides is 2. The molecular formula is C28H23N3O2S. The topological polar surface area (TPSA) is 63.2 Å². The van der Waals surface area contributed by atoms with E-state index in [-0.39, 0.29) is 24.3 Å². The van der Waals surface area contributed by atoms with E-state index in [9.17, 15) is 9.59 Å². The molecule has 0 aliphatic carbocycles. The van der Waals surface area contributed by atoms with Crippen molar-refractivity contribution in [2.75, 3.05) is 6.54 Å². The monoisotopic (exact) mass is 465 g/mol. The smallest absolute Gasteiger partial charge is 0.261 e. The fourth-order valence-corrected chi connectivity index (χ4v) is 4.17. The Morgan fingerprint density at radius 1 is 0.853 bits per heavy atom. The number of carbonyl (C=O) groups excluding carboxylic acids is 2. The zero-order chi connectivity index (χ0) is 24.2. The largest absolute Gasteiger partial charge is 0.273 e. The fourth-order valence-electron chi connectivity index (χ4n) is 3.67. The summed E-state index contributed by atoms with van der Waals surface area (Å²) in [7, 11) is 0. The summed E-state index contributed by atoms with van der Waals surface area (Å²) in [4.78, 5) is 27.3. The minimum Gasteiger partial charge on any atom is -0.273 e. The Bertz CT molecular complexity index is 1320. The molecule has 0 N–H and O–H groups in total. The summed E-state index contributed by atoms with van der Waals surface area (Å²) in [6.07, 6.45) is 12.7. The Labute approximate surface area is 205 Å². The van der Waals surface area contributed by atoms with Crippen LogP contribution in [0.3, 0.4) is 0 Å². The maximum absolute atomic E-state index is 13.0. The SMILES string of the molecule is C#CC#CC#CC#CC#CC(CCCCCCCC)CN1C(=O)c2cc3nsnc3cc2C1=O. The molecule has 6 heteroatoms. The van der Waals surface area contributed by atoms with Crippen LogP contribution in [0.5, 0.6) is 0 Å². The normalized spacial score (nSPS) is 12.2. The molecule has 0 bridgehead atoms. The van der Waals surface area contributed by atoms with Crippen molar-refractivity contribution in [2.45, 2.75) is 51.9 Å². The summed E-state index contributed by atoms with van der Waals surface area (Å²) in [5.74, 6) is 22.6. The molecule has 1 aromatic heterocycles. The van der Waals surface area contributed by atoms with E-state index >= 15 is 0 Å². The Morgan fingerprint density at radius 2 is 1.41 bits per heavy atom. The van der Waals surface area contributed by atoms with Crippen molar-refractivity contribution in [3.8, 4) is 59.7 Å². The van der Waals surface area contributed by atoms with Crippen LogP contribution in [0.2, 0.25) is 0 Å². The van der Waals surface area contributed by atoms with Crippen LogP contribution in [0.15, 0.2) is 12.1 Å². The van der Waals surface area contributed by atoms with E-state index in [0.29, 0.717) is 22.2 Å². The molecule has 1 aliphatic rings. The van der Waals surface area contributed by atoms with Gasteiger partial charge in [0.15, 0.2) is 0 Å². The third-order valence-corrected chi connectivity index (χ3v) is 5.93. The quantitative estimate of drug-likeness (QED) is 0.315. The van der Waals surface area contributed by atoms with Gasteiger partial charge in [0.2, 0.25) is 0 Å². The highest BCUT2D eigenvalue weighted by atomic mass is 32.1. The molecule has 0 spiro atoms. The number of imide groups is 1. The average Bonchev–Trinajstić information content (AvgIpc) is 3.39. The number of hydrogen-bond acceptors (Lipinski definition) is 5.